The van der Waals surface area contributed by atoms with Crippen LogP contribution < -0.4 is 10.1 Å². The maximum absolute atomic E-state index is 12.1. The van der Waals surface area contributed by atoms with E-state index in [1.807, 2.05) is 42.5 Å². The second-order valence-corrected chi connectivity index (χ2v) is 4.56. The molecule has 1 N–H and O–H groups in total. The van der Waals surface area contributed by atoms with Gasteiger partial charge in [0, 0.05) is 13.0 Å². The van der Waals surface area contributed by atoms with E-state index in [1.54, 1.807) is 12.1 Å². The maximum atomic E-state index is 12.1. The topological polar surface area (TPSA) is 21.3 Å². The standard InChI is InChI=1S/C16H16F3NO/c17-16(18,19)11-6-12-20-14-9-4-5-10-15(14)21-13-7-2-1-3-8-13/h1-5,7-10,20H,6,11-12H2. The van der Waals surface area contributed by atoms with Gasteiger partial charge in [-0.05, 0) is 30.7 Å². The Morgan fingerprint density at radius 1 is 0.905 bits per heavy atom. The van der Waals surface area contributed by atoms with E-state index in [0.29, 0.717) is 17.2 Å². The van der Waals surface area contributed by atoms with Crippen molar-refractivity contribution in [2.75, 3.05) is 11.9 Å². The van der Waals surface area contributed by atoms with Crippen LogP contribution in [0.3, 0.4) is 0 Å². The molecule has 0 saturated heterocycles. The Hall–Kier alpha value is -2.17. The molecule has 0 aliphatic carbocycles. The molecule has 0 amide bonds. The van der Waals surface area contributed by atoms with Crippen LogP contribution in [0.2, 0.25) is 0 Å². The van der Waals surface area contributed by atoms with Crippen LogP contribution in [0.25, 0.3) is 0 Å². The Morgan fingerprint density at radius 2 is 1.57 bits per heavy atom. The number of hydrogen-bond donors (Lipinski definition) is 1. The second-order valence-electron chi connectivity index (χ2n) is 4.56. The van der Waals surface area contributed by atoms with E-state index in [4.69, 9.17) is 4.74 Å². The third-order valence-corrected chi connectivity index (χ3v) is 2.81. The SMILES string of the molecule is FC(F)(F)CCCNc1ccccc1Oc1ccccc1. The van der Waals surface area contributed by atoms with Crippen molar-refractivity contribution >= 4 is 5.69 Å². The first kappa shape index (κ1) is 15.2. The predicted octanol–water partition coefficient (Wildman–Crippen LogP) is 5.23. The van der Waals surface area contributed by atoms with Crippen LogP contribution in [0.4, 0.5) is 18.9 Å². The number of nitrogens with one attached hydrogen (secondary N) is 1. The summed E-state index contributed by atoms with van der Waals surface area (Å²) in [6.07, 6.45) is -4.87. The Balaban J connectivity index is 1.94. The van der Waals surface area contributed by atoms with Gasteiger partial charge in [-0.25, -0.2) is 0 Å². The lowest BCUT2D eigenvalue weighted by Gasteiger charge is -2.13. The lowest BCUT2D eigenvalue weighted by Crippen LogP contribution is -2.11. The van der Waals surface area contributed by atoms with Crippen molar-refractivity contribution in [3.63, 3.8) is 0 Å². The van der Waals surface area contributed by atoms with Crippen LogP contribution in [-0.4, -0.2) is 12.7 Å². The van der Waals surface area contributed by atoms with Crippen molar-refractivity contribution in [3.8, 4) is 11.5 Å². The second kappa shape index (κ2) is 7.02. The van der Waals surface area contributed by atoms with Gasteiger partial charge in [0.25, 0.3) is 0 Å². The third-order valence-electron chi connectivity index (χ3n) is 2.81. The van der Waals surface area contributed by atoms with E-state index in [1.165, 1.54) is 0 Å². The molecule has 0 atom stereocenters. The molecule has 2 nitrogen and oxygen atoms in total. The molecule has 0 aromatic heterocycles. The van der Waals surface area contributed by atoms with Crippen molar-refractivity contribution in [3.05, 3.63) is 54.6 Å². The van der Waals surface area contributed by atoms with Crippen molar-refractivity contribution in [1.82, 2.24) is 0 Å². The molecule has 0 saturated carbocycles. The van der Waals surface area contributed by atoms with Crippen LogP contribution in [-0.2, 0) is 0 Å². The summed E-state index contributed by atoms with van der Waals surface area (Å²) in [6, 6.07) is 16.4. The number of ether oxygens (including phenoxy) is 1. The van der Waals surface area contributed by atoms with Crippen LogP contribution in [0.5, 0.6) is 11.5 Å². The first-order valence-electron chi connectivity index (χ1n) is 6.67. The highest BCUT2D eigenvalue weighted by Gasteiger charge is 2.25. The average Bonchev–Trinajstić information content (AvgIpc) is 2.45. The summed E-state index contributed by atoms with van der Waals surface area (Å²) >= 11 is 0. The molecule has 2 aromatic carbocycles. The number of halogens is 3. The fraction of sp³-hybridized carbons (Fsp3) is 0.250. The predicted molar refractivity (Wildman–Crippen MR) is 76.7 cm³/mol. The first-order valence-corrected chi connectivity index (χ1v) is 6.67. The quantitative estimate of drug-likeness (QED) is 0.736. The molecule has 0 bridgehead atoms. The highest BCUT2D eigenvalue weighted by atomic mass is 19.4. The van der Waals surface area contributed by atoms with E-state index in [-0.39, 0.29) is 13.0 Å². The third kappa shape index (κ3) is 5.38. The van der Waals surface area contributed by atoms with E-state index < -0.39 is 12.6 Å². The Kier molecular flexibility index (Phi) is 5.09. The molecular formula is C16H16F3NO. The number of alkyl halides is 3. The summed E-state index contributed by atoms with van der Waals surface area (Å²) in [6.45, 7) is 0.245. The van der Waals surface area contributed by atoms with Gasteiger partial charge in [0.15, 0.2) is 5.75 Å². The van der Waals surface area contributed by atoms with Gasteiger partial charge in [-0.2, -0.15) is 13.2 Å². The van der Waals surface area contributed by atoms with Crippen molar-refractivity contribution in [2.45, 2.75) is 19.0 Å². The van der Waals surface area contributed by atoms with Gasteiger partial charge in [-0.15, -0.1) is 0 Å². The summed E-state index contributed by atoms with van der Waals surface area (Å²) in [4.78, 5) is 0. The molecule has 0 unspecified atom stereocenters. The molecule has 0 aliphatic rings. The van der Waals surface area contributed by atoms with Gasteiger partial charge in [-0.1, -0.05) is 30.3 Å². The number of hydrogen-bond acceptors (Lipinski definition) is 2. The largest absolute Gasteiger partial charge is 0.455 e. The maximum Gasteiger partial charge on any atom is 0.389 e. The average molecular weight is 295 g/mol. The zero-order valence-electron chi connectivity index (χ0n) is 11.4. The zero-order chi connectivity index (χ0) is 15.1. The van der Waals surface area contributed by atoms with Gasteiger partial charge in [0.2, 0.25) is 0 Å². The van der Waals surface area contributed by atoms with E-state index in [2.05, 4.69) is 5.32 Å². The van der Waals surface area contributed by atoms with Crippen LogP contribution in [0, 0.1) is 0 Å². The van der Waals surface area contributed by atoms with Gasteiger partial charge in [-0.3, -0.25) is 0 Å². The number of benzene rings is 2. The molecule has 0 heterocycles. The Morgan fingerprint density at radius 3 is 2.29 bits per heavy atom. The van der Waals surface area contributed by atoms with Crippen LogP contribution in [0.1, 0.15) is 12.8 Å². The molecule has 0 aliphatic heterocycles. The van der Waals surface area contributed by atoms with Crippen LogP contribution in [0.15, 0.2) is 54.6 Å². The lowest BCUT2D eigenvalue weighted by atomic mass is 10.2. The summed E-state index contributed by atoms with van der Waals surface area (Å²) in [7, 11) is 0. The monoisotopic (exact) mass is 295 g/mol. The van der Waals surface area contributed by atoms with Crippen molar-refractivity contribution < 1.29 is 17.9 Å². The summed E-state index contributed by atoms with van der Waals surface area (Å²) in [5.41, 5.74) is 0.684. The van der Waals surface area contributed by atoms with Crippen LogP contribution >= 0.6 is 0 Å². The summed E-state index contributed by atoms with van der Waals surface area (Å²) in [5.74, 6) is 1.28. The molecule has 0 radical (unpaired) electrons. The smallest absolute Gasteiger partial charge is 0.389 e. The minimum atomic E-state index is -4.11. The molecule has 2 rings (SSSR count). The minimum absolute atomic E-state index is 0.0309. The normalized spacial score (nSPS) is 11.2. The van der Waals surface area contributed by atoms with E-state index in [0.717, 1.165) is 0 Å². The molecule has 0 spiro atoms. The van der Waals surface area contributed by atoms with Gasteiger partial charge < -0.3 is 10.1 Å². The van der Waals surface area contributed by atoms with Gasteiger partial charge in [0.05, 0.1) is 5.69 Å². The Labute approximate surface area is 121 Å². The molecule has 2 aromatic rings. The highest BCUT2D eigenvalue weighted by Crippen LogP contribution is 2.29. The van der Waals surface area contributed by atoms with E-state index >= 15 is 0 Å². The molecular weight excluding hydrogens is 279 g/mol. The molecule has 0 fully saturated rings. The summed E-state index contributed by atoms with van der Waals surface area (Å²) in [5, 5.41) is 2.98. The van der Waals surface area contributed by atoms with Gasteiger partial charge >= 0.3 is 6.18 Å². The highest BCUT2D eigenvalue weighted by molar-refractivity contribution is 5.57. The fourth-order valence-electron chi connectivity index (χ4n) is 1.83. The zero-order valence-corrected chi connectivity index (χ0v) is 11.4. The molecule has 5 heteroatoms. The van der Waals surface area contributed by atoms with Crippen molar-refractivity contribution in [2.24, 2.45) is 0 Å². The Bertz CT molecular complexity index is 555. The minimum Gasteiger partial charge on any atom is -0.455 e. The molecule has 21 heavy (non-hydrogen) atoms. The first-order chi connectivity index (χ1) is 10.0. The van der Waals surface area contributed by atoms with Gasteiger partial charge in [0.1, 0.15) is 5.75 Å². The number of para-hydroxylation sites is 3. The fourth-order valence-corrected chi connectivity index (χ4v) is 1.83. The lowest BCUT2D eigenvalue weighted by molar-refractivity contribution is -0.134. The molecule has 112 valence electrons. The summed E-state index contributed by atoms with van der Waals surface area (Å²) < 4.78 is 42.0. The number of rotatable bonds is 6. The van der Waals surface area contributed by atoms with E-state index in [9.17, 15) is 13.2 Å². The number of anilines is 1. The van der Waals surface area contributed by atoms with Crippen molar-refractivity contribution in [1.29, 1.82) is 0 Å².